The lowest BCUT2D eigenvalue weighted by Gasteiger charge is -2.19. The molecular weight excluding hydrogens is 267 g/mol. The topological polar surface area (TPSA) is 72.5 Å². The highest BCUT2D eigenvalue weighted by atomic mass is 32.2. The highest BCUT2D eigenvalue weighted by molar-refractivity contribution is 7.89. The maximum absolute atomic E-state index is 14.1. The van der Waals surface area contributed by atoms with Gasteiger partial charge in [-0.1, -0.05) is 11.6 Å². The molecule has 1 heterocycles. The summed E-state index contributed by atoms with van der Waals surface area (Å²) >= 11 is 0. The third-order valence-electron chi connectivity index (χ3n) is 3.20. The number of fused-ring (bicyclic) bond motifs is 1. The summed E-state index contributed by atoms with van der Waals surface area (Å²) in [6, 6.07) is 2.72. The van der Waals surface area contributed by atoms with Crippen LogP contribution in [0.1, 0.15) is 37.5 Å². The van der Waals surface area contributed by atoms with Crippen molar-refractivity contribution in [2.24, 2.45) is 10.1 Å². The molecule has 0 amide bonds. The van der Waals surface area contributed by atoms with Gasteiger partial charge in [0.25, 0.3) is 10.0 Å². The minimum absolute atomic E-state index is 0.142. The van der Waals surface area contributed by atoms with Crippen molar-refractivity contribution in [1.82, 2.24) is 0 Å². The zero-order valence-electron chi connectivity index (χ0n) is 11.0. The molecule has 2 rings (SSSR count). The van der Waals surface area contributed by atoms with E-state index in [1.165, 1.54) is 12.1 Å². The van der Waals surface area contributed by atoms with Gasteiger partial charge in [0, 0.05) is 11.1 Å². The van der Waals surface area contributed by atoms with E-state index in [1.807, 2.05) is 13.8 Å². The predicted molar refractivity (Wildman–Crippen MR) is 73.7 cm³/mol. The lowest BCUT2D eigenvalue weighted by molar-refractivity contribution is 0.595. The van der Waals surface area contributed by atoms with Crippen molar-refractivity contribution in [1.29, 1.82) is 0 Å². The largest absolute Gasteiger partial charge is 0.383 e. The standard InChI is InChI=1S/C13H15FN2O2S/c1-7(2)8(3)11-10(14)5-4-9-6-19(17,18)16-13(15)12(9)11/h4-5H,6H2,1-3H3,(H2,15,16). The second kappa shape index (κ2) is 4.45. The maximum Gasteiger partial charge on any atom is 0.259 e. The van der Waals surface area contributed by atoms with E-state index in [9.17, 15) is 12.8 Å². The zero-order chi connectivity index (χ0) is 14.4. The third kappa shape index (κ3) is 2.40. The van der Waals surface area contributed by atoms with E-state index in [1.54, 1.807) is 6.92 Å². The molecule has 0 radical (unpaired) electrons. The van der Waals surface area contributed by atoms with Crippen LogP contribution in [0.2, 0.25) is 0 Å². The molecule has 19 heavy (non-hydrogen) atoms. The van der Waals surface area contributed by atoms with Crippen molar-refractivity contribution in [3.8, 4) is 0 Å². The SMILES string of the molecule is CC(C)=C(C)c1c(F)ccc2c1C(N)=NS(=O)(=O)C2. The van der Waals surface area contributed by atoms with Crippen LogP contribution in [0, 0.1) is 5.82 Å². The molecule has 4 nitrogen and oxygen atoms in total. The van der Waals surface area contributed by atoms with Gasteiger partial charge in [-0.05, 0) is 38.0 Å². The number of nitrogens with two attached hydrogens (primary N) is 1. The second-order valence-electron chi connectivity index (χ2n) is 4.78. The number of halogens is 1. The molecule has 1 aliphatic rings. The molecule has 0 saturated carbocycles. The lowest BCUT2D eigenvalue weighted by Crippen LogP contribution is -2.26. The van der Waals surface area contributed by atoms with Crippen molar-refractivity contribution in [2.45, 2.75) is 26.5 Å². The molecule has 0 spiro atoms. The zero-order valence-corrected chi connectivity index (χ0v) is 11.8. The van der Waals surface area contributed by atoms with Gasteiger partial charge in [-0.15, -0.1) is 4.40 Å². The van der Waals surface area contributed by atoms with Crippen LogP contribution in [-0.2, 0) is 15.8 Å². The average Bonchev–Trinajstić information content (AvgIpc) is 2.27. The fourth-order valence-corrected chi connectivity index (χ4v) is 3.16. The molecular formula is C13H15FN2O2S. The minimum atomic E-state index is -3.60. The van der Waals surface area contributed by atoms with Gasteiger partial charge in [-0.2, -0.15) is 0 Å². The highest BCUT2D eigenvalue weighted by Gasteiger charge is 2.26. The maximum atomic E-state index is 14.1. The van der Waals surface area contributed by atoms with E-state index in [-0.39, 0.29) is 11.6 Å². The first-order valence-electron chi connectivity index (χ1n) is 5.77. The molecule has 1 aliphatic heterocycles. The Labute approximate surface area is 111 Å². The molecule has 1 aromatic rings. The van der Waals surface area contributed by atoms with Crippen molar-refractivity contribution in [2.75, 3.05) is 0 Å². The molecule has 0 saturated heterocycles. The first kappa shape index (κ1) is 13.7. The molecule has 1 aromatic carbocycles. The normalized spacial score (nSPS) is 16.5. The van der Waals surface area contributed by atoms with E-state index in [0.29, 0.717) is 16.7 Å². The lowest BCUT2D eigenvalue weighted by atomic mass is 9.93. The number of hydrogen-bond donors (Lipinski definition) is 1. The van der Waals surface area contributed by atoms with Crippen LogP contribution >= 0.6 is 0 Å². The summed E-state index contributed by atoms with van der Waals surface area (Å²) in [4.78, 5) is 0. The summed E-state index contributed by atoms with van der Waals surface area (Å²) in [5, 5.41) is 0. The van der Waals surface area contributed by atoms with Gasteiger partial charge in [0.2, 0.25) is 0 Å². The fourth-order valence-electron chi connectivity index (χ4n) is 2.07. The number of allylic oxidation sites excluding steroid dienone is 2. The molecule has 6 heteroatoms. The van der Waals surface area contributed by atoms with Gasteiger partial charge in [-0.3, -0.25) is 0 Å². The average molecular weight is 282 g/mol. The van der Waals surface area contributed by atoms with Crippen molar-refractivity contribution in [3.63, 3.8) is 0 Å². The number of sulfonamides is 1. The van der Waals surface area contributed by atoms with Crippen LogP contribution in [0.5, 0.6) is 0 Å². The molecule has 0 aliphatic carbocycles. The highest BCUT2D eigenvalue weighted by Crippen LogP contribution is 2.31. The van der Waals surface area contributed by atoms with Crippen LogP contribution in [0.3, 0.4) is 0 Å². The molecule has 102 valence electrons. The van der Waals surface area contributed by atoms with E-state index in [2.05, 4.69) is 4.40 Å². The Morgan fingerprint density at radius 1 is 1.32 bits per heavy atom. The predicted octanol–water partition coefficient (Wildman–Crippen LogP) is 2.19. The van der Waals surface area contributed by atoms with Gasteiger partial charge < -0.3 is 5.73 Å². The first-order valence-corrected chi connectivity index (χ1v) is 7.38. The summed E-state index contributed by atoms with van der Waals surface area (Å²) in [7, 11) is -3.60. The van der Waals surface area contributed by atoms with E-state index in [4.69, 9.17) is 5.73 Å². The van der Waals surface area contributed by atoms with Crippen LogP contribution in [0.25, 0.3) is 5.57 Å². The van der Waals surface area contributed by atoms with E-state index < -0.39 is 15.8 Å². The molecule has 0 aromatic heterocycles. The summed E-state index contributed by atoms with van der Waals surface area (Å²) in [6.45, 7) is 5.51. The smallest absolute Gasteiger partial charge is 0.259 e. The van der Waals surface area contributed by atoms with Gasteiger partial charge >= 0.3 is 0 Å². The van der Waals surface area contributed by atoms with Crippen molar-refractivity contribution < 1.29 is 12.8 Å². The Morgan fingerprint density at radius 3 is 2.53 bits per heavy atom. The van der Waals surface area contributed by atoms with Crippen LogP contribution in [0.15, 0.2) is 22.1 Å². The Kier molecular flexibility index (Phi) is 3.22. The number of nitrogens with zero attached hydrogens (tertiary/aromatic N) is 1. The fraction of sp³-hybridized carbons (Fsp3) is 0.308. The molecule has 0 atom stereocenters. The van der Waals surface area contributed by atoms with Crippen LogP contribution in [-0.4, -0.2) is 14.3 Å². The summed E-state index contributed by atoms with van der Waals surface area (Å²) in [5.74, 6) is -0.807. The monoisotopic (exact) mass is 282 g/mol. The van der Waals surface area contributed by atoms with Crippen LogP contribution < -0.4 is 5.73 Å². The van der Waals surface area contributed by atoms with Gasteiger partial charge in [0.15, 0.2) is 0 Å². The van der Waals surface area contributed by atoms with Crippen molar-refractivity contribution in [3.05, 3.63) is 40.2 Å². The van der Waals surface area contributed by atoms with Crippen LogP contribution in [0.4, 0.5) is 4.39 Å². The number of hydrogen-bond acceptors (Lipinski definition) is 3. The Morgan fingerprint density at radius 2 is 1.95 bits per heavy atom. The second-order valence-corrected chi connectivity index (χ2v) is 6.42. The minimum Gasteiger partial charge on any atom is -0.383 e. The third-order valence-corrected chi connectivity index (χ3v) is 4.35. The van der Waals surface area contributed by atoms with Crippen molar-refractivity contribution >= 4 is 21.4 Å². The quantitative estimate of drug-likeness (QED) is 0.858. The molecule has 0 fully saturated rings. The number of amidine groups is 1. The van der Waals surface area contributed by atoms with E-state index >= 15 is 0 Å². The van der Waals surface area contributed by atoms with Gasteiger partial charge in [0.05, 0.1) is 5.75 Å². The van der Waals surface area contributed by atoms with E-state index in [0.717, 1.165) is 11.1 Å². The van der Waals surface area contributed by atoms with Gasteiger partial charge in [-0.25, -0.2) is 12.8 Å². The summed E-state index contributed by atoms with van der Waals surface area (Å²) < 4.78 is 40.6. The summed E-state index contributed by atoms with van der Waals surface area (Å²) in [6.07, 6.45) is 0. The summed E-state index contributed by atoms with van der Waals surface area (Å²) in [5.41, 5.74) is 8.62. The molecule has 0 bridgehead atoms. The Hall–Kier alpha value is -1.69. The number of rotatable bonds is 1. The molecule has 0 unspecified atom stereocenters. The molecule has 2 N–H and O–H groups in total. The Bertz CT molecular complexity index is 714. The Balaban J connectivity index is 2.84. The first-order chi connectivity index (χ1) is 8.73. The number of benzene rings is 1. The van der Waals surface area contributed by atoms with Gasteiger partial charge in [0.1, 0.15) is 11.7 Å².